The summed E-state index contributed by atoms with van der Waals surface area (Å²) in [6, 6.07) is 8.02. The second kappa shape index (κ2) is 3.50. The highest BCUT2D eigenvalue weighted by atomic mass is 79.9. The normalized spacial score (nSPS) is 21.6. The molecule has 0 amide bonds. The van der Waals surface area contributed by atoms with Gasteiger partial charge in [0, 0.05) is 10.4 Å². The van der Waals surface area contributed by atoms with Crippen LogP contribution in [0.1, 0.15) is 17.9 Å². The molecule has 2 rings (SSSR count). The number of benzene rings is 1. The van der Waals surface area contributed by atoms with Crippen molar-refractivity contribution in [1.82, 2.24) is 0 Å². The molecular weight excluding hydrogens is 232 g/mol. The van der Waals surface area contributed by atoms with Gasteiger partial charge in [-0.2, -0.15) is 0 Å². The minimum absolute atomic E-state index is 0.0899. The van der Waals surface area contributed by atoms with Crippen molar-refractivity contribution >= 4 is 21.9 Å². The van der Waals surface area contributed by atoms with Gasteiger partial charge in [-0.25, -0.2) is 0 Å². The molecule has 1 saturated heterocycles. The Kier molecular flexibility index (Phi) is 2.36. The standard InChI is InChI=1S/C10H9BrO2/c11-9-3-1-7(2-4-9)8-5-10(12)13-6-8/h1-4,8H,5-6H2. The summed E-state index contributed by atoms with van der Waals surface area (Å²) in [5.74, 6) is 0.161. The number of halogens is 1. The molecular formula is C10H9BrO2. The number of rotatable bonds is 1. The molecule has 0 radical (unpaired) electrons. The molecule has 1 aliphatic rings. The number of hydrogen-bond acceptors (Lipinski definition) is 2. The van der Waals surface area contributed by atoms with Gasteiger partial charge < -0.3 is 4.74 Å². The lowest BCUT2D eigenvalue weighted by Crippen LogP contribution is -1.96. The van der Waals surface area contributed by atoms with Gasteiger partial charge in [-0.05, 0) is 17.7 Å². The predicted octanol–water partition coefficient (Wildman–Crippen LogP) is 2.48. The van der Waals surface area contributed by atoms with E-state index in [1.54, 1.807) is 0 Å². The van der Waals surface area contributed by atoms with Crippen molar-refractivity contribution in [2.24, 2.45) is 0 Å². The van der Waals surface area contributed by atoms with Gasteiger partial charge in [0.25, 0.3) is 0 Å². The maximum Gasteiger partial charge on any atom is 0.306 e. The fraction of sp³-hybridized carbons (Fsp3) is 0.300. The first kappa shape index (κ1) is 8.75. The summed E-state index contributed by atoms with van der Waals surface area (Å²) >= 11 is 3.37. The molecule has 1 unspecified atom stereocenters. The van der Waals surface area contributed by atoms with Crippen LogP contribution in [-0.4, -0.2) is 12.6 Å². The van der Waals surface area contributed by atoms with Crippen LogP contribution in [0.3, 0.4) is 0 Å². The number of carbonyl (C=O) groups is 1. The zero-order chi connectivity index (χ0) is 9.26. The minimum atomic E-state index is -0.0899. The second-order valence-corrected chi connectivity index (χ2v) is 4.05. The molecule has 2 nitrogen and oxygen atoms in total. The zero-order valence-corrected chi connectivity index (χ0v) is 8.58. The third-order valence-corrected chi connectivity index (χ3v) is 2.73. The quantitative estimate of drug-likeness (QED) is 0.706. The van der Waals surface area contributed by atoms with Crippen molar-refractivity contribution in [2.45, 2.75) is 12.3 Å². The average molecular weight is 241 g/mol. The summed E-state index contributed by atoms with van der Waals surface area (Å²) in [4.78, 5) is 10.9. The van der Waals surface area contributed by atoms with E-state index in [0.717, 1.165) is 4.47 Å². The Labute approximate surface area is 85.0 Å². The molecule has 0 spiro atoms. The lowest BCUT2D eigenvalue weighted by Gasteiger charge is -2.05. The topological polar surface area (TPSA) is 26.3 Å². The molecule has 0 bridgehead atoms. The first-order valence-electron chi connectivity index (χ1n) is 4.17. The van der Waals surface area contributed by atoms with E-state index in [1.807, 2.05) is 24.3 Å². The summed E-state index contributed by atoms with van der Waals surface area (Å²) in [6.07, 6.45) is 0.516. The first-order chi connectivity index (χ1) is 6.25. The molecule has 0 aliphatic carbocycles. The molecule has 0 N–H and O–H groups in total. The molecule has 1 aliphatic heterocycles. The van der Waals surface area contributed by atoms with Gasteiger partial charge in [-0.3, -0.25) is 4.79 Å². The number of esters is 1. The van der Waals surface area contributed by atoms with Gasteiger partial charge >= 0.3 is 5.97 Å². The van der Waals surface area contributed by atoms with Gasteiger partial charge in [0.15, 0.2) is 0 Å². The SMILES string of the molecule is O=C1CC(c2ccc(Br)cc2)CO1. The highest BCUT2D eigenvalue weighted by molar-refractivity contribution is 9.10. The van der Waals surface area contributed by atoms with Crippen LogP contribution in [0.25, 0.3) is 0 Å². The van der Waals surface area contributed by atoms with Crippen LogP contribution in [0.2, 0.25) is 0 Å². The lowest BCUT2D eigenvalue weighted by atomic mass is 9.99. The molecule has 1 heterocycles. The molecule has 1 aromatic carbocycles. The van der Waals surface area contributed by atoms with Crippen molar-refractivity contribution in [3.05, 3.63) is 34.3 Å². The number of ether oxygens (including phenoxy) is 1. The van der Waals surface area contributed by atoms with E-state index in [4.69, 9.17) is 4.74 Å². The van der Waals surface area contributed by atoms with E-state index in [-0.39, 0.29) is 11.9 Å². The largest absolute Gasteiger partial charge is 0.465 e. The Bertz CT molecular complexity index is 318. The summed E-state index contributed by atoms with van der Waals surface area (Å²) in [7, 11) is 0. The predicted molar refractivity (Wildman–Crippen MR) is 52.5 cm³/mol. The fourth-order valence-corrected chi connectivity index (χ4v) is 1.73. The van der Waals surface area contributed by atoms with E-state index in [1.165, 1.54) is 5.56 Å². The zero-order valence-electron chi connectivity index (χ0n) is 7.00. The van der Waals surface area contributed by atoms with Crippen molar-refractivity contribution in [2.75, 3.05) is 6.61 Å². The summed E-state index contributed by atoms with van der Waals surface area (Å²) in [5, 5.41) is 0. The maximum absolute atomic E-state index is 10.9. The van der Waals surface area contributed by atoms with Crippen LogP contribution >= 0.6 is 15.9 Å². The highest BCUT2D eigenvalue weighted by Crippen LogP contribution is 2.26. The van der Waals surface area contributed by atoms with Gasteiger partial charge in [0.2, 0.25) is 0 Å². The van der Waals surface area contributed by atoms with Crippen molar-refractivity contribution in [3.8, 4) is 0 Å². The van der Waals surface area contributed by atoms with Gasteiger partial charge in [-0.15, -0.1) is 0 Å². The number of carbonyl (C=O) groups excluding carboxylic acids is 1. The smallest absolute Gasteiger partial charge is 0.306 e. The van der Waals surface area contributed by atoms with Crippen LogP contribution < -0.4 is 0 Å². The van der Waals surface area contributed by atoms with E-state index in [0.29, 0.717) is 13.0 Å². The summed E-state index contributed by atoms with van der Waals surface area (Å²) < 4.78 is 5.96. The highest BCUT2D eigenvalue weighted by Gasteiger charge is 2.24. The molecule has 0 aromatic heterocycles. The van der Waals surface area contributed by atoms with E-state index < -0.39 is 0 Å². The molecule has 0 saturated carbocycles. The van der Waals surface area contributed by atoms with Gasteiger partial charge in [-0.1, -0.05) is 28.1 Å². The Morgan fingerprint density at radius 2 is 2.00 bits per heavy atom. The van der Waals surface area contributed by atoms with Crippen LogP contribution in [-0.2, 0) is 9.53 Å². The minimum Gasteiger partial charge on any atom is -0.465 e. The van der Waals surface area contributed by atoms with Crippen molar-refractivity contribution < 1.29 is 9.53 Å². The van der Waals surface area contributed by atoms with Crippen molar-refractivity contribution in [1.29, 1.82) is 0 Å². The first-order valence-corrected chi connectivity index (χ1v) is 4.96. The van der Waals surface area contributed by atoms with Crippen LogP contribution in [0, 0.1) is 0 Å². The summed E-state index contributed by atoms with van der Waals surface area (Å²) in [6.45, 7) is 0.528. The van der Waals surface area contributed by atoms with E-state index >= 15 is 0 Å². The Morgan fingerprint density at radius 3 is 2.54 bits per heavy atom. The van der Waals surface area contributed by atoms with Crippen molar-refractivity contribution in [3.63, 3.8) is 0 Å². The molecule has 1 atom stereocenters. The third kappa shape index (κ3) is 1.91. The van der Waals surface area contributed by atoms with Crippen LogP contribution in [0.5, 0.6) is 0 Å². The average Bonchev–Trinajstić information content (AvgIpc) is 2.53. The summed E-state index contributed by atoms with van der Waals surface area (Å²) in [5.41, 5.74) is 1.18. The van der Waals surface area contributed by atoms with Crippen LogP contribution in [0.4, 0.5) is 0 Å². The van der Waals surface area contributed by atoms with E-state index in [9.17, 15) is 4.79 Å². The molecule has 1 aromatic rings. The maximum atomic E-state index is 10.9. The monoisotopic (exact) mass is 240 g/mol. The van der Waals surface area contributed by atoms with Crippen LogP contribution in [0.15, 0.2) is 28.7 Å². The molecule has 1 fully saturated rings. The Balaban J connectivity index is 2.17. The molecule has 68 valence electrons. The lowest BCUT2D eigenvalue weighted by molar-refractivity contribution is -0.137. The number of hydrogen-bond donors (Lipinski definition) is 0. The number of cyclic esters (lactones) is 1. The molecule has 3 heteroatoms. The van der Waals surface area contributed by atoms with Gasteiger partial charge in [0.1, 0.15) is 0 Å². The second-order valence-electron chi connectivity index (χ2n) is 3.14. The molecule has 13 heavy (non-hydrogen) atoms. The Morgan fingerprint density at radius 1 is 1.31 bits per heavy atom. The Hall–Kier alpha value is -0.830. The van der Waals surface area contributed by atoms with E-state index in [2.05, 4.69) is 15.9 Å². The van der Waals surface area contributed by atoms with Gasteiger partial charge in [0.05, 0.1) is 13.0 Å². The fourth-order valence-electron chi connectivity index (χ4n) is 1.46. The third-order valence-electron chi connectivity index (χ3n) is 2.20.